The summed E-state index contributed by atoms with van der Waals surface area (Å²) < 4.78 is 14.4. The Hall–Kier alpha value is -2.74. The van der Waals surface area contributed by atoms with Crippen molar-refractivity contribution in [2.24, 2.45) is 0 Å². The molecule has 6 nitrogen and oxygen atoms in total. The molecular formula is C21H23BrFN3O3. The lowest BCUT2D eigenvalue weighted by molar-refractivity contribution is -0.122. The first-order valence-corrected chi connectivity index (χ1v) is 9.89. The zero-order valence-corrected chi connectivity index (χ0v) is 17.8. The van der Waals surface area contributed by atoms with Crippen LogP contribution in [0, 0.1) is 12.7 Å². The zero-order chi connectivity index (χ0) is 21.4. The molecule has 3 amide bonds. The summed E-state index contributed by atoms with van der Waals surface area (Å²) in [5, 5.41) is 8.10. The van der Waals surface area contributed by atoms with E-state index in [9.17, 15) is 18.8 Å². The summed E-state index contributed by atoms with van der Waals surface area (Å²) >= 11 is 3.35. The van der Waals surface area contributed by atoms with Gasteiger partial charge in [-0.2, -0.15) is 0 Å². The van der Waals surface area contributed by atoms with Gasteiger partial charge in [-0.15, -0.1) is 0 Å². The summed E-state index contributed by atoms with van der Waals surface area (Å²) in [5.41, 5.74) is 1.50. The molecule has 0 aliphatic heterocycles. The fourth-order valence-corrected chi connectivity index (χ4v) is 2.93. The van der Waals surface area contributed by atoms with Gasteiger partial charge in [-0.25, -0.2) is 4.39 Å². The summed E-state index contributed by atoms with van der Waals surface area (Å²) in [6.45, 7) is 3.43. The third-order valence-corrected chi connectivity index (χ3v) is 4.73. The van der Waals surface area contributed by atoms with Gasteiger partial charge in [-0.05, 0) is 42.3 Å². The molecule has 2 aromatic rings. The largest absolute Gasteiger partial charge is 0.354 e. The first kappa shape index (κ1) is 22.5. The standard InChI is InChI=1S/C21H23BrFN3O3/c1-13-3-4-16(11-18(13)23)21(29)25-10-9-24-20(28)12-19(26-14(2)27)15-5-7-17(22)8-6-15/h3-8,11,19H,9-10,12H2,1-2H3,(H,24,28)(H,25,29)(H,26,27). The number of carbonyl (C=O) groups is 3. The number of aryl methyl sites for hydroxylation is 1. The van der Waals surface area contributed by atoms with E-state index in [1.165, 1.54) is 19.1 Å². The molecule has 0 saturated heterocycles. The maximum atomic E-state index is 13.5. The molecule has 0 bridgehead atoms. The van der Waals surface area contributed by atoms with Crippen LogP contribution in [0.3, 0.4) is 0 Å². The van der Waals surface area contributed by atoms with Crippen molar-refractivity contribution in [3.8, 4) is 0 Å². The lowest BCUT2D eigenvalue weighted by atomic mass is 10.0. The average Bonchev–Trinajstić information content (AvgIpc) is 2.67. The molecule has 0 aliphatic carbocycles. The van der Waals surface area contributed by atoms with Gasteiger partial charge in [0.25, 0.3) is 5.91 Å². The van der Waals surface area contributed by atoms with E-state index in [4.69, 9.17) is 0 Å². The highest BCUT2D eigenvalue weighted by atomic mass is 79.9. The van der Waals surface area contributed by atoms with Gasteiger partial charge < -0.3 is 16.0 Å². The van der Waals surface area contributed by atoms with Crippen molar-refractivity contribution < 1.29 is 18.8 Å². The van der Waals surface area contributed by atoms with Gasteiger partial charge in [0.05, 0.1) is 12.5 Å². The van der Waals surface area contributed by atoms with E-state index in [1.807, 2.05) is 24.3 Å². The van der Waals surface area contributed by atoms with Crippen molar-refractivity contribution >= 4 is 33.7 Å². The minimum atomic E-state index is -0.453. The van der Waals surface area contributed by atoms with Gasteiger partial charge in [0.1, 0.15) is 5.82 Å². The number of amides is 3. The Morgan fingerprint density at radius 2 is 1.69 bits per heavy atom. The second-order valence-electron chi connectivity index (χ2n) is 6.58. The number of hydrogen-bond donors (Lipinski definition) is 3. The predicted molar refractivity (Wildman–Crippen MR) is 112 cm³/mol. The van der Waals surface area contributed by atoms with Crippen LogP contribution in [0.4, 0.5) is 4.39 Å². The van der Waals surface area contributed by atoms with Crippen molar-refractivity contribution in [1.82, 2.24) is 16.0 Å². The third kappa shape index (κ3) is 7.30. The van der Waals surface area contributed by atoms with Crippen molar-refractivity contribution in [3.05, 3.63) is 69.4 Å². The van der Waals surface area contributed by atoms with Gasteiger partial charge in [-0.3, -0.25) is 14.4 Å². The molecule has 0 fully saturated rings. The van der Waals surface area contributed by atoms with Gasteiger partial charge in [0.15, 0.2) is 0 Å². The summed E-state index contributed by atoms with van der Waals surface area (Å²) in [4.78, 5) is 35.7. The maximum Gasteiger partial charge on any atom is 0.251 e. The number of benzene rings is 2. The predicted octanol–water partition coefficient (Wildman–Crippen LogP) is 3.01. The van der Waals surface area contributed by atoms with Crippen molar-refractivity contribution in [2.75, 3.05) is 13.1 Å². The molecule has 154 valence electrons. The summed E-state index contributed by atoms with van der Waals surface area (Å²) in [6, 6.07) is 11.2. The normalized spacial score (nSPS) is 11.4. The Kier molecular flexibility index (Phi) is 8.33. The Morgan fingerprint density at radius 3 is 2.31 bits per heavy atom. The van der Waals surface area contributed by atoms with Gasteiger partial charge >= 0.3 is 0 Å². The minimum Gasteiger partial charge on any atom is -0.354 e. The number of halogens is 2. The molecule has 0 heterocycles. The number of nitrogens with one attached hydrogen (secondary N) is 3. The van der Waals surface area contributed by atoms with Crippen molar-refractivity contribution in [1.29, 1.82) is 0 Å². The topological polar surface area (TPSA) is 87.3 Å². The maximum absolute atomic E-state index is 13.5. The van der Waals surface area contributed by atoms with Crippen LogP contribution in [0.1, 0.15) is 40.9 Å². The Bertz CT molecular complexity index is 887. The highest BCUT2D eigenvalue weighted by molar-refractivity contribution is 9.10. The smallest absolute Gasteiger partial charge is 0.251 e. The zero-order valence-electron chi connectivity index (χ0n) is 16.2. The molecule has 0 spiro atoms. The highest BCUT2D eigenvalue weighted by Gasteiger charge is 2.17. The first-order valence-electron chi connectivity index (χ1n) is 9.10. The Labute approximate surface area is 177 Å². The summed E-state index contributed by atoms with van der Waals surface area (Å²) in [6.07, 6.45) is 0.0678. The summed E-state index contributed by atoms with van der Waals surface area (Å²) in [7, 11) is 0. The molecule has 0 aromatic heterocycles. The number of hydrogen-bond acceptors (Lipinski definition) is 3. The Balaban J connectivity index is 1.82. The second-order valence-corrected chi connectivity index (χ2v) is 7.49. The molecule has 2 rings (SSSR count). The van der Waals surface area contributed by atoms with Crippen LogP contribution in [-0.4, -0.2) is 30.8 Å². The molecule has 2 aromatic carbocycles. The van der Waals surface area contributed by atoms with E-state index in [2.05, 4.69) is 31.9 Å². The van der Waals surface area contributed by atoms with Crippen LogP contribution >= 0.6 is 15.9 Å². The molecule has 3 N–H and O–H groups in total. The molecular weight excluding hydrogens is 441 g/mol. The molecule has 0 aliphatic rings. The van der Waals surface area contributed by atoms with Gasteiger partial charge in [0.2, 0.25) is 11.8 Å². The summed E-state index contributed by atoms with van der Waals surface area (Å²) in [5.74, 6) is -1.35. The molecule has 29 heavy (non-hydrogen) atoms. The molecule has 1 atom stereocenters. The van der Waals surface area contributed by atoms with Crippen LogP contribution in [0.5, 0.6) is 0 Å². The van der Waals surface area contributed by atoms with Crippen LogP contribution < -0.4 is 16.0 Å². The monoisotopic (exact) mass is 463 g/mol. The fourth-order valence-electron chi connectivity index (χ4n) is 2.66. The van der Waals surface area contributed by atoms with Crippen LogP contribution in [0.25, 0.3) is 0 Å². The fraction of sp³-hybridized carbons (Fsp3) is 0.286. The third-order valence-electron chi connectivity index (χ3n) is 4.21. The molecule has 0 saturated carbocycles. The lowest BCUT2D eigenvalue weighted by Crippen LogP contribution is -2.37. The quantitative estimate of drug-likeness (QED) is 0.525. The SMILES string of the molecule is CC(=O)NC(CC(=O)NCCNC(=O)c1ccc(C)c(F)c1)c1ccc(Br)cc1. The van der Waals surface area contributed by atoms with E-state index >= 15 is 0 Å². The minimum absolute atomic E-state index is 0.0678. The Morgan fingerprint density at radius 1 is 1.03 bits per heavy atom. The number of carbonyl (C=O) groups excluding carboxylic acids is 3. The molecule has 0 radical (unpaired) electrons. The van der Waals surface area contributed by atoms with E-state index in [0.29, 0.717) is 5.56 Å². The second kappa shape index (κ2) is 10.7. The molecule has 8 heteroatoms. The van der Waals surface area contributed by atoms with E-state index < -0.39 is 17.8 Å². The van der Waals surface area contributed by atoms with E-state index in [0.717, 1.165) is 10.0 Å². The molecule has 1 unspecified atom stereocenters. The van der Waals surface area contributed by atoms with E-state index in [-0.39, 0.29) is 36.9 Å². The van der Waals surface area contributed by atoms with Gasteiger partial charge in [-0.1, -0.05) is 34.1 Å². The van der Waals surface area contributed by atoms with Crippen LogP contribution in [-0.2, 0) is 9.59 Å². The lowest BCUT2D eigenvalue weighted by Gasteiger charge is -2.18. The van der Waals surface area contributed by atoms with Crippen LogP contribution in [0.15, 0.2) is 46.9 Å². The highest BCUT2D eigenvalue weighted by Crippen LogP contribution is 2.19. The first-order chi connectivity index (χ1) is 13.8. The number of rotatable bonds is 8. The van der Waals surface area contributed by atoms with Crippen molar-refractivity contribution in [2.45, 2.75) is 26.3 Å². The van der Waals surface area contributed by atoms with E-state index in [1.54, 1.807) is 13.0 Å². The van der Waals surface area contributed by atoms with Gasteiger partial charge in [0, 0.05) is 30.0 Å². The average molecular weight is 464 g/mol. The van der Waals surface area contributed by atoms with Crippen molar-refractivity contribution in [3.63, 3.8) is 0 Å². The van der Waals surface area contributed by atoms with Crippen LogP contribution in [0.2, 0.25) is 0 Å².